The molecule has 0 bridgehead atoms. The van der Waals surface area contributed by atoms with Gasteiger partial charge < -0.3 is 16.0 Å². The normalized spacial score (nSPS) is 16.5. The highest BCUT2D eigenvalue weighted by atomic mass is 127. The number of nitrogens with zero attached hydrogens (tertiary/aromatic N) is 5. The first-order chi connectivity index (χ1) is 11.8. The Balaban J connectivity index is 0.00000338. The fraction of sp³-hybridized carbons (Fsp3) is 0.667. The summed E-state index contributed by atoms with van der Waals surface area (Å²) in [6, 6.07) is 0. The number of rotatable bonds is 5. The van der Waals surface area contributed by atoms with E-state index in [0.717, 1.165) is 4.57 Å². The van der Waals surface area contributed by atoms with Crippen molar-refractivity contribution in [3.63, 3.8) is 0 Å². The number of nitrogens with one attached hydrogen (secondary N) is 1. The van der Waals surface area contributed by atoms with Crippen LogP contribution in [0.1, 0.15) is 26.2 Å². The van der Waals surface area contributed by atoms with Crippen molar-refractivity contribution in [2.45, 2.75) is 32.5 Å². The largest absolute Gasteiger partial charge is 0.368 e. The van der Waals surface area contributed by atoms with Gasteiger partial charge in [0, 0.05) is 45.6 Å². The van der Waals surface area contributed by atoms with Crippen LogP contribution in [0.3, 0.4) is 0 Å². The molecule has 1 aliphatic rings. The first-order valence-corrected chi connectivity index (χ1v) is 8.07. The van der Waals surface area contributed by atoms with E-state index < -0.39 is 12.1 Å². The smallest absolute Gasteiger partial charge is 0.319 e. The molecule has 1 saturated heterocycles. The number of carbonyl (C=O) groups excluding carboxylic acids is 1. The number of alkyl halides is 2. The molecule has 0 aliphatic carbocycles. The molecule has 26 heavy (non-hydrogen) atoms. The lowest BCUT2D eigenvalue weighted by atomic mass is 10.0. The van der Waals surface area contributed by atoms with Crippen LogP contribution in [-0.4, -0.2) is 70.0 Å². The Morgan fingerprint density at radius 1 is 1.38 bits per heavy atom. The van der Waals surface area contributed by atoms with E-state index in [1.807, 2.05) is 23.6 Å². The van der Waals surface area contributed by atoms with Crippen LogP contribution >= 0.6 is 24.0 Å². The molecule has 0 radical (unpaired) electrons. The lowest BCUT2D eigenvalue weighted by molar-refractivity contribution is -0.129. The van der Waals surface area contributed by atoms with Crippen LogP contribution in [0.15, 0.2) is 17.4 Å². The van der Waals surface area contributed by atoms with Gasteiger partial charge in [0.15, 0.2) is 5.96 Å². The maximum Gasteiger partial charge on any atom is 0.319 e. The van der Waals surface area contributed by atoms with E-state index in [-0.39, 0.29) is 42.3 Å². The SMILES string of the molecule is CN=C(NCc1nccn1C(F)F)N1CCN(C(C)(C)C(N)=O)CC1.I. The number of hydrogen-bond donors (Lipinski definition) is 2. The van der Waals surface area contributed by atoms with Crippen molar-refractivity contribution in [1.29, 1.82) is 0 Å². The summed E-state index contributed by atoms with van der Waals surface area (Å²) in [6.07, 6.45) is 2.59. The molecular formula is C15H26F2IN7O. The second kappa shape index (κ2) is 9.44. The van der Waals surface area contributed by atoms with Gasteiger partial charge in [-0.3, -0.25) is 19.3 Å². The third kappa shape index (κ3) is 5.02. The van der Waals surface area contributed by atoms with E-state index in [9.17, 15) is 13.6 Å². The second-order valence-corrected chi connectivity index (χ2v) is 6.33. The quantitative estimate of drug-likeness (QED) is 0.367. The zero-order valence-electron chi connectivity index (χ0n) is 15.2. The van der Waals surface area contributed by atoms with E-state index in [1.165, 1.54) is 12.4 Å². The summed E-state index contributed by atoms with van der Waals surface area (Å²) in [6.45, 7) is 3.76. The number of halogens is 3. The molecule has 0 unspecified atom stereocenters. The number of nitrogens with two attached hydrogens (primary N) is 1. The summed E-state index contributed by atoms with van der Waals surface area (Å²) < 4.78 is 26.5. The minimum atomic E-state index is -2.62. The van der Waals surface area contributed by atoms with Gasteiger partial charge in [-0.05, 0) is 13.8 Å². The number of amides is 1. The van der Waals surface area contributed by atoms with Gasteiger partial charge in [0.25, 0.3) is 0 Å². The molecule has 8 nitrogen and oxygen atoms in total. The third-order valence-corrected chi connectivity index (χ3v) is 4.55. The molecule has 148 valence electrons. The zero-order chi connectivity index (χ0) is 18.6. The second-order valence-electron chi connectivity index (χ2n) is 6.33. The molecule has 0 aromatic carbocycles. The maximum atomic E-state index is 12.9. The van der Waals surface area contributed by atoms with Crippen molar-refractivity contribution in [3.05, 3.63) is 18.2 Å². The number of aliphatic imine (C=N–C) groups is 1. The van der Waals surface area contributed by atoms with E-state index >= 15 is 0 Å². The molecule has 1 amide bonds. The van der Waals surface area contributed by atoms with Crippen molar-refractivity contribution in [3.8, 4) is 0 Å². The predicted octanol–water partition coefficient (Wildman–Crippen LogP) is 0.853. The highest BCUT2D eigenvalue weighted by Gasteiger charge is 2.35. The van der Waals surface area contributed by atoms with Crippen molar-refractivity contribution >= 4 is 35.8 Å². The fourth-order valence-electron chi connectivity index (χ4n) is 2.78. The molecule has 1 aliphatic heterocycles. The number of imidazole rings is 1. The molecule has 1 fully saturated rings. The highest BCUT2D eigenvalue weighted by Crippen LogP contribution is 2.17. The Hall–Kier alpha value is -1.50. The Labute approximate surface area is 168 Å². The van der Waals surface area contributed by atoms with Crippen molar-refractivity contribution in [1.82, 2.24) is 24.7 Å². The van der Waals surface area contributed by atoms with Gasteiger partial charge in [0.2, 0.25) is 5.91 Å². The average molecular weight is 485 g/mol. The van der Waals surface area contributed by atoms with Crippen LogP contribution in [0.5, 0.6) is 0 Å². The van der Waals surface area contributed by atoms with Crippen LogP contribution < -0.4 is 11.1 Å². The minimum Gasteiger partial charge on any atom is -0.368 e. The summed E-state index contributed by atoms with van der Waals surface area (Å²) in [5, 5.41) is 3.06. The Bertz CT molecular complexity index is 627. The first-order valence-electron chi connectivity index (χ1n) is 8.07. The number of guanidine groups is 1. The molecule has 2 rings (SSSR count). The van der Waals surface area contributed by atoms with Crippen LogP contribution in [0.4, 0.5) is 8.78 Å². The van der Waals surface area contributed by atoms with E-state index in [2.05, 4.69) is 15.3 Å². The number of carbonyl (C=O) groups is 1. The summed E-state index contributed by atoms with van der Waals surface area (Å²) in [7, 11) is 1.64. The lowest BCUT2D eigenvalue weighted by Crippen LogP contribution is -2.61. The summed E-state index contributed by atoms with van der Waals surface area (Å²) in [5.74, 6) is 0.493. The summed E-state index contributed by atoms with van der Waals surface area (Å²) >= 11 is 0. The molecule has 0 spiro atoms. The van der Waals surface area contributed by atoms with E-state index in [0.29, 0.717) is 32.1 Å². The zero-order valence-corrected chi connectivity index (χ0v) is 17.5. The molecular weight excluding hydrogens is 459 g/mol. The monoisotopic (exact) mass is 485 g/mol. The predicted molar refractivity (Wildman–Crippen MR) is 106 cm³/mol. The topological polar surface area (TPSA) is 91.8 Å². The molecule has 2 heterocycles. The highest BCUT2D eigenvalue weighted by molar-refractivity contribution is 14.0. The standard InChI is InChI=1S/C15H25F2N7O.HI/c1-15(2,12(18)25)23-8-6-22(7-9-23)14(19-3)21-10-11-20-4-5-24(11)13(16)17;/h4-5,13H,6-10H2,1-3H3,(H2,18,25)(H,19,21);1H. The van der Waals surface area contributed by atoms with Gasteiger partial charge in [-0.1, -0.05) is 0 Å². The first kappa shape index (κ1) is 22.5. The Kier molecular flexibility index (Phi) is 8.18. The maximum absolute atomic E-state index is 12.9. The van der Waals surface area contributed by atoms with Gasteiger partial charge in [-0.2, -0.15) is 8.78 Å². The Morgan fingerprint density at radius 3 is 2.50 bits per heavy atom. The molecule has 0 saturated carbocycles. The summed E-state index contributed by atoms with van der Waals surface area (Å²) in [4.78, 5) is 23.8. The molecule has 3 N–H and O–H groups in total. The van der Waals surface area contributed by atoms with Gasteiger partial charge in [-0.25, -0.2) is 4.98 Å². The van der Waals surface area contributed by atoms with Crippen LogP contribution in [0.25, 0.3) is 0 Å². The summed E-state index contributed by atoms with van der Waals surface area (Å²) in [5.41, 5.74) is 4.76. The van der Waals surface area contributed by atoms with E-state index in [1.54, 1.807) is 7.05 Å². The lowest BCUT2D eigenvalue weighted by Gasteiger charge is -2.43. The molecule has 0 atom stereocenters. The van der Waals surface area contributed by atoms with Gasteiger partial charge >= 0.3 is 6.55 Å². The van der Waals surface area contributed by atoms with Gasteiger partial charge in [-0.15, -0.1) is 24.0 Å². The number of hydrogen-bond acceptors (Lipinski definition) is 4. The Morgan fingerprint density at radius 2 is 2.00 bits per heavy atom. The van der Waals surface area contributed by atoms with Crippen LogP contribution in [0.2, 0.25) is 0 Å². The number of aromatic nitrogens is 2. The third-order valence-electron chi connectivity index (χ3n) is 4.55. The van der Waals surface area contributed by atoms with E-state index in [4.69, 9.17) is 5.73 Å². The van der Waals surface area contributed by atoms with Crippen LogP contribution in [0, 0.1) is 0 Å². The molecule has 1 aromatic heterocycles. The van der Waals surface area contributed by atoms with Gasteiger partial charge in [0.05, 0.1) is 12.1 Å². The average Bonchev–Trinajstić information content (AvgIpc) is 3.04. The number of piperazine rings is 1. The van der Waals surface area contributed by atoms with Crippen molar-refractivity contribution in [2.75, 3.05) is 33.2 Å². The van der Waals surface area contributed by atoms with Gasteiger partial charge in [0.1, 0.15) is 5.82 Å². The van der Waals surface area contributed by atoms with Crippen LogP contribution in [-0.2, 0) is 11.3 Å². The molecule has 1 aromatic rings. The fourth-order valence-corrected chi connectivity index (χ4v) is 2.78. The van der Waals surface area contributed by atoms with Crippen molar-refractivity contribution in [2.24, 2.45) is 10.7 Å². The minimum absolute atomic E-state index is 0. The number of primary amides is 1. The molecule has 11 heteroatoms. The van der Waals surface area contributed by atoms with Crippen molar-refractivity contribution < 1.29 is 13.6 Å².